The topological polar surface area (TPSA) is 70.0 Å². The molecule has 0 radical (unpaired) electrons. The maximum Gasteiger partial charge on any atom is 0.115 e. The van der Waals surface area contributed by atoms with Crippen LogP contribution in [0.4, 0.5) is 0 Å². The van der Waals surface area contributed by atoms with E-state index >= 15 is 0 Å². The molecule has 1 aromatic rings. The number of rotatable bonds is 2. The largest absolute Gasteiger partial charge is 0.508 e. The highest BCUT2D eigenvalue weighted by Gasteiger charge is 2.04. The molecule has 0 spiro atoms. The second-order valence-corrected chi connectivity index (χ2v) is 2.56. The molecule has 0 saturated carbocycles. The van der Waals surface area contributed by atoms with Crippen molar-refractivity contribution in [3.63, 3.8) is 0 Å². The van der Waals surface area contributed by atoms with Crippen LogP contribution in [0.2, 0.25) is 0 Å². The molecule has 0 aliphatic heterocycles. The molecule has 1 unspecified atom stereocenters. The van der Waals surface area contributed by atoms with Gasteiger partial charge in [-0.05, 0) is 17.7 Å². The number of nitrogens with zero attached hydrogens (tertiary/aromatic N) is 1. The van der Waals surface area contributed by atoms with Crippen LogP contribution >= 0.6 is 0 Å². The van der Waals surface area contributed by atoms with Gasteiger partial charge in [0.1, 0.15) is 5.75 Å². The van der Waals surface area contributed by atoms with Crippen LogP contribution in [0, 0.1) is 11.3 Å². The Labute approximate surface area is 71.1 Å². The van der Waals surface area contributed by atoms with E-state index in [0.717, 1.165) is 5.56 Å². The summed E-state index contributed by atoms with van der Waals surface area (Å²) in [6.45, 7) is 0. The summed E-state index contributed by atoms with van der Waals surface area (Å²) in [5.41, 5.74) is 6.43. The standard InChI is InChI=1S/C9H10N2O/c10-5-4-9(11)7-2-1-3-8(12)6-7/h1-3,6,9,12H,4,11H2. The Morgan fingerprint density at radius 2 is 2.33 bits per heavy atom. The van der Waals surface area contributed by atoms with Crippen LogP contribution in [0.1, 0.15) is 18.0 Å². The highest BCUT2D eigenvalue weighted by Crippen LogP contribution is 2.17. The Balaban J connectivity index is 2.82. The van der Waals surface area contributed by atoms with Crippen molar-refractivity contribution in [2.45, 2.75) is 12.5 Å². The molecule has 1 rings (SSSR count). The molecule has 3 nitrogen and oxygen atoms in total. The van der Waals surface area contributed by atoms with Gasteiger partial charge in [0.2, 0.25) is 0 Å². The number of nitriles is 1. The third-order valence-corrected chi connectivity index (χ3v) is 1.61. The van der Waals surface area contributed by atoms with Crippen molar-refractivity contribution in [1.29, 1.82) is 5.26 Å². The number of aromatic hydroxyl groups is 1. The average molecular weight is 162 g/mol. The zero-order valence-corrected chi connectivity index (χ0v) is 6.57. The van der Waals surface area contributed by atoms with Crippen molar-refractivity contribution in [3.05, 3.63) is 29.8 Å². The van der Waals surface area contributed by atoms with Crippen molar-refractivity contribution in [2.75, 3.05) is 0 Å². The average Bonchev–Trinajstić information content (AvgIpc) is 2.05. The van der Waals surface area contributed by atoms with E-state index in [2.05, 4.69) is 0 Å². The van der Waals surface area contributed by atoms with Gasteiger partial charge < -0.3 is 10.8 Å². The lowest BCUT2D eigenvalue weighted by atomic mass is 10.1. The molecule has 0 aromatic heterocycles. The fraction of sp³-hybridized carbons (Fsp3) is 0.222. The maximum absolute atomic E-state index is 9.09. The number of phenols is 1. The molecule has 62 valence electrons. The highest BCUT2D eigenvalue weighted by atomic mass is 16.3. The van der Waals surface area contributed by atoms with Crippen LogP contribution in [0.25, 0.3) is 0 Å². The second-order valence-electron chi connectivity index (χ2n) is 2.56. The smallest absolute Gasteiger partial charge is 0.115 e. The fourth-order valence-electron chi connectivity index (χ4n) is 0.972. The van der Waals surface area contributed by atoms with Gasteiger partial charge in [0.25, 0.3) is 0 Å². The first-order chi connectivity index (χ1) is 5.74. The molecule has 0 amide bonds. The van der Waals surface area contributed by atoms with Crippen LogP contribution < -0.4 is 5.73 Å². The van der Waals surface area contributed by atoms with Gasteiger partial charge in [-0.2, -0.15) is 5.26 Å². The summed E-state index contributed by atoms with van der Waals surface area (Å²) in [5.74, 6) is 0.181. The van der Waals surface area contributed by atoms with Crippen LogP contribution in [0.15, 0.2) is 24.3 Å². The molecule has 0 bridgehead atoms. The Morgan fingerprint density at radius 1 is 1.58 bits per heavy atom. The van der Waals surface area contributed by atoms with Gasteiger partial charge in [0.05, 0.1) is 12.5 Å². The minimum absolute atomic E-state index is 0.181. The number of benzene rings is 1. The molecule has 0 aliphatic carbocycles. The summed E-state index contributed by atoms with van der Waals surface area (Å²) < 4.78 is 0. The van der Waals surface area contributed by atoms with E-state index in [-0.39, 0.29) is 18.2 Å². The minimum atomic E-state index is -0.304. The molecular formula is C9H10N2O. The van der Waals surface area contributed by atoms with Gasteiger partial charge >= 0.3 is 0 Å². The van der Waals surface area contributed by atoms with Crippen LogP contribution in [-0.4, -0.2) is 5.11 Å². The quantitative estimate of drug-likeness (QED) is 0.688. The summed E-state index contributed by atoms with van der Waals surface area (Å²) in [6.07, 6.45) is 0.267. The van der Waals surface area contributed by atoms with Crippen LogP contribution in [0.3, 0.4) is 0 Å². The first-order valence-corrected chi connectivity index (χ1v) is 3.65. The Kier molecular flexibility index (Phi) is 2.67. The van der Waals surface area contributed by atoms with Crippen molar-refractivity contribution in [3.8, 4) is 11.8 Å². The Morgan fingerprint density at radius 3 is 2.92 bits per heavy atom. The van der Waals surface area contributed by atoms with E-state index in [1.165, 1.54) is 0 Å². The van der Waals surface area contributed by atoms with E-state index in [1.807, 2.05) is 6.07 Å². The highest BCUT2D eigenvalue weighted by molar-refractivity contribution is 5.29. The van der Waals surface area contributed by atoms with Gasteiger partial charge in [0, 0.05) is 6.04 Å². The third kappa shape index (κ3) is 1.97. The van der Waals surface area contributed by atoms with E-state index < -0.39 is 0 Å². The SMILES string of the molecule is N#CCC(N)c1cccc(O)c1. The van der Waals surface area contributed by atoms with E-state index in [4.69, 9.17) is 16.1 Å². The zero-order chi connectivity index (χ0) is 8.97. The lowest BCUT2D eigenvalue weighted by Gasteiger charge is -2.06. The Hall–Kier alpha value is -1.53. The summed E-state index contributed by atoms with van der Waals surface area (Å²) >= 11 is 0. The monoisotopic (exact) mass is 162 g/mol. The van der Waals surface area contributed by atoms with Crippen molar-refractivity contribution < 1.29 is 5.11 Å². The summed E-state index contributed by atoms with van der Waals surface area (Å²) in [6, 6.07) is 8.32. The summed E-state index contributed by atoms with van der Waals surface area (Å²) in [4.78, 5) is 0. The molecule has 3 N–H and O–H groups in total. The zero-order valence-electron chi connectivity index (χ0n) is 6.57. The van der Waals surface area contributed by atoms with Gasteiger partial charge in [0.15, 0.2) is 0 Å². The third-order valence-electron chi connectivity index (χ3n) is 1.61. The predicted octanol–water partition coefficient (Wildman–Crippen LogP) is 1.31. The summed E-state index contributed by atoms with van der Waals surface area (Å²) in [7, 11) is 0. The lowest BCUT2D eigenvalue weighted by Crippen LogP contribution is -2.08. The number of phenolic OH excluding ortho intramolecular Hbond substituents is 1. The van der Waals surface area contributed by atoms with Crippen LogP contribution in [-0.2, 0) is 0 Å². The molecule has 0 heterocycles. The number of nitrogens with two attached hydrogens (primary N) is 1. The molecule has 3 heteroatoms. The molecule has 1 atom stereocenters. The molecule has 1 aromatic carbocycles. The fourth-order valence-corrected chi connectivity index (χ4v) is 0.972. The Bertz CT molecular complexity index is 304. The molecule has 0 saturated heterocycles. The molecule has 12 heavy (non-hydrogen) atoms. The molecular weight excluding hydrogens is 152 g/mol. The molecule has 0 aliphatic rings. The minimum Gasteiger partial charge on any atom is -0.508 e. The lowest BCUT2D eigenvalue weighted by molar-refractivity contribution is 0.473. The van der Waals surface area contributed by atoms with Crippen molar-refractivity contribution in [1.82, 2.24) is 0 Å². The van der Waals surface area contributed by atoms with Crippen LogP contribution in [0.5, 0.6) is 5.75 Å². The first kappa shape index (κ1) is 8.57. The summed E-state index contributed by atoms with van der Waals surface area (Å²) in [5, 5.41) is 17.5. The first-order valence-electron chi connectivity index (χ1n) is 3.65. The number of hydrogen-bond donors (Lipinski definition) is 2. The number of hydrogen-bond acceptors (Lipinski definition) is 3. The maximum atomic E-state index is 9.09. The second kappa shape index (κ2) is 3.74. The molecule has 0 fully saturated rings. The van der Waals surface area contributed by atoms with Crippen molar-refractivity contribution >= 4 is 0 Å². The van der Waals surface area contributed by atoms with Gasteiger partial charge in [-0.3, -0.25) is 0 Å². The van der Waals surface area contributed by atoms with Crippen molar-refractivity contribution in [2.24, 2.45) is 5.73 Å². The predicted molar refractivity (Wildman–Crippen MR) is 45.3 cm³/mol. The van der Waals surface area contributed by atoms with E-state index in [1.54, 1.807) is 24.3 Å². The van der Waals surface area contributed by atoms with Gasteiger partial charge in [-0.25, -0.2) is 0 Å². The van der Waals surface area contributed by atoms with E-state index in [0.29, 0.717) is 0 Å². The van der Waals surface area contributed by atoms with E-state index in [9.17, 15) is 0 Å². The van der Waals surface area contributed by atoms with Gasteiger partial charge in [-0.1, -0.05) is 12.1 Å². The van der Waals surface area contributed by atoms with Gasteiger partial charge in [-0.15, -0.1) is 0 Å². The normalized spacial score (nSPS) is 12.0.